The summed E-state index contributed by atoms with van der Waals surface area (Å²) in [7, 11) is -4.15. The van der Waals surface area contributed by atoms with E-state index in [0.29, 0.717) is 13.1 Å². The van der Waals surface area contributed by atoms with Crippen LogP contribution in [0.3, 0.4) is 0 Å². The fourth-order valence-corrected chi connectivity index (χ4v) is 5.52. The van der Waals surface area contributed by atoms with Gasteiger partial charge in [-0.1, -0.05) is 30.3 Å². The number of hydrogen-bond donors (Lipinski definition) is 1. The van der Waals surface area contributed by atoms with Gasteiger partial charge in [-0.05, 0) is 24.3 Å². The van der Waals surface area contributed by atoms with Crippen LogP contribution < -0.4 is 4.72 Å². The largest absolute Gasteiger partial charge is 0.367 e. The number of nitrogens with one attached hydrogen (secondary N) is 1. The summed E-state index contributed by atoms with van der Waals surface area (Å²) < 4.78 is 28.6. The van der Waals surface area contributed by atoms with Crippen LogP contribution in [-0.2, 0) is 16.6 Å². The van der Waals surface area contributed by atoms with Crippen LogP contribution in [0.15, 0.2) is 52.4 Å². The van der Waals surface area contributed by atoms with Gasteiger partial charge >= 0.3 is 0 Å². The van der Waals surface area contributed by atoms with Gasteiger partial charge in [0.05, 0.1) is 0 Å². The molecular formula is C19H18N2O4S2. The van der Waals surface area contributed by atoms with Crippen LogP contribution in [0, 0.1) is 0 Å². The number of rotatable bonds is 5. The molecule has 0 saturated carbocycles. The number of nitrogens with zero attached hydrogens (tertiary/aromatic N) is 1. The molecular weight excluding hydrogens is 384 g/mol. The molecule has 1 N–H and O–H groups in total. The minimum absolute atomic E-state index is 0.00915. The van der Waals surface area contributed by atoms with Crippen molar-refractivity contribution in [2.45, 2.75) is 19.4 Å². The molecule has 2 aliphatic rings. The highest BCUT2D eigenvalue weighted by atomic mass is 32.2. The first kappa shape index (κ1) is 18.1. The lowest BCUT2D eigenvalue weighted by molar-refractivity contribution is 0.0952. The second-order valence-electron chi connectivity index (χ2n) is 6.48. The third-order valence-corrected chi connectivity index (χ3v) is 7.08. The number of carbonyl (C=O) groups excluding carboxylic acids is 2. The van der Waals surface area contributed by atoms with E-state index in [9.17, 15) is 18.0 Å². The van der Waals surface area contributed by atoms with Crippen molar-refractivity contribution in [2.24, 2.45) is 0 Å². The van der Waals surface area contributed by atoms with Gasteiger partial charge in [-0.2, -0.15) is 0 Å². The smallest absolute Gasteiger partial charge is 0.247 e. The van der Waals surface area contributed by atoms with Crippen molar-refractivity contribution in [1.82, 2.24) is 9.62 Å². The highest BCUT2D eigenvalue weighted by Gasteiger charge is 2.41. The number of likely N-dealkylation sites (tertiary alicyclic amines) is 1. The van der Waals surface area contributed by atoms with Gasteiger partial charge < -0.3 is 4.90 Å². The lowest BCUT2D eigenvalue weighted by Crippen LogP contribution is -2.38. The first-order valence-corrected chi connectivity index (χ1v) is 11.0. The second kappa shape index (κ2) is 7.03. The second-order valence-corrected chi connectivity index (χ2v) is 9.22. The zero-order valence-electron chi connectivity index (χ0n) is 14.5. The number of sulfonamides is 1. The van der Waals surface area contributed by atoms with Crippen LogP contribution in [0.2, 0.25) is 0 Å². The fraction of sp³-hybridized carbons (Fsp3) is 0.263. The third-order valence-electron chi connectivity index (χ3n) is 4.76. The molecule has 0 spiro atoms. The van der Waals surface area contributed by atoms with Crippen LogP contribution in [0.25, 0.3) is 0 Å². The summed E-state index contributed by atoms with van der Waals surface area (Å²) in [6.45, 7) is 1.22. The molecule has 1 fully saturated rings. The summed E-state index contributed by atoms with van der Waals surface area (Å²) in [5.41, 5.74) is 0.415. The lowest BCUT2D eigenvalue weighted by Gasteiger charge is -2.27. The van der Waals surface area contributed by atoms with Gasteiger partial charge in [0.15, 0.2) is 4.91 Å². The summed E-state index contributed by atoms with van der Waals surface area (Å²) in [5, 5.41) is 1.85. The number of allylic oxidation sites excluding steroid dienone is 2. The monoisotopic (exact) mass is 402 g/mol. The Bertz CT molecular complexity index is 1030. The van der Waals surface area contributed by atoms with Gasteiger partial charge in [-0.25, -0.2) is 13.1 Å². The van der Waals surface area contributed by atoms with E-state index < -0.39 is 26.5 Å². The van der Waals surface area contributed by atoms with Gasteiger partial charge in [-0.15, -0.1) is 11.3 Å². The molecule has 6 nitrogen and oxygen atoms in total. The van der Waals surface area contributed by atoms with E-state index in [1.54, 1.807) is 23.1 Å². The van der Waals surface area contributed by atoms with Crippen LogP contribution in [0.4, 0.5) is 0 Å². The van der Waals surface area contributed by atoms with E-state index in [2.05, 4.69) is 4.72 Å². The van der Waals surface area contributed by atoms with Crippen LogP contribution in [0.1, 0.15) is 38.4 Å². The number of Topliss-reactive ketones (excluding diaryl/α,β-unsaturated/α-hetero) is 2. The molecule has 0 radical (unpaired) electrons. The van der Waals surface area contributed by atoms with Gasteiger partial charge in [0.2, 0.25) is 21.6 Å². The Morgan fingerprint density at radius 3 is 2.26 bits per heavy atom. The van der Waals surface area contributed by atoms with Crippen LogP contribution >= 0.6 is 11.3 Å². The number of ketones is 2. The van der Waals surface area contributed by atoms with E-state index in [0.717, 1.165) is 17.7 Å². The number of fused-ring (bicyclic) bond motifs is 1. The molecule has 1 saturated heterocycles. The van der Waals surface area contributed by atoms with Crippen molar-refractivity contribution in [1.29, 1.82) is 0 Å². The molecule has 0 atom stereocenters. The molecule has 0 unspecified atom stereocenters. The quantitative estimate of drug-likeness (QED) is 0.831. The summed E-state index contributed by atoms with van der Waals surface area (Å²) in [5.74, 6) is -1.02. The van der Waals surface area contributed by atoms with Gasteiger partial charge in [0.1, 0.15) is 5.70 Å². The number of hydrogen-bond acceptors (Lipinski definition) is 6. The Labute approximate surface area is 161 Å². The van der Waals surface area contributed by atoms with E-state index in [1.165, 1.54) is 17.4 Å². The highest BCUT2D eigenvalue weighted by Crippen LogP contribution is 2.32. The normalized spacial score (nSPS) is 17.6. The minimum atomic E-state index is -4.15. The van der Waals surface area contributed by atoms with E-state index >= 15 is 0 Å². The van der Waals surface area contributed by atoms with E-state index in [4.69, 9.17) is 0 Å². The summed E-state index contributed by atoms with van der Waals surface area (Å²) >= 11 is 1.42. The maximum atomic E-state index is 13.1. The zero-order chi connectivity index (χ0) is 19.0. The zero-order valence-corrected chi connectivity index (χ0v) is 16.1. The Morgan fingerprint density at radius 1 is 0.963 bits per heavy atom. The molecule has 1 aliphatic heterocycles. The van der Waals surface area contributed by atoms with Crippen molar-refractivity contribution >= 4 is 32.9 Å². The van der Waals surface area contributed by atoms with Crippen molar-refractivity contribution in [3.05, 3.63) is 68.4 Å². The fourth-order valence-electron chi connectivity index (χ4n) is 3.47. The van der Waals surface area contributed by atoms with Gasteiger partial charge in [0.25, 0.3) is 0 Å². The highest BCUT2D eigenvalue weighted by molar-refractivity contribution is 7.94. The van der Waals surface area contributed by atoms with Crippen molar-refractivity contribution < 1.29 is 18.0 Å². The Kier molecular flexibility index (Phi) is 4.71. The first-order valence-electron chi connectivity index (χ1n) is 8.69. The molecule has 0 bridgehead atoms. The van der Waals surface area contributed by atoms with E-state index in [-0.39, 0.29) is 23.4 Å². The molecule has 27 heavy (non-hydrogen) atoms. The van der Waals surface area contributed by atoms with Crippen molar-refractivity contribution in [3.8, 4) is 0 Å². The summed E-state index contributed by atoms with van der Waals surface area (Å²) in [4.78, 5) is 28.3. The number of thiophene rings is 1. The molecule has 1 aliphatic carbocycles. The maximum absolute atomic E-state index is 13.1. The first-order chi connectivity index (χ1) is 13.0. The SMILES string of the molecule is O=C1C(N2CCCC2)=C(S(=O)(=O)NCc2cccs2)C(=O)c2ccccc21. The minimum Gasteiger partial charge on any atom is -0.367 e. The number of benzene rings is 1. The Morgan fingerprint density at radius 2 is 1.63 bits per heavy atom. The topological polar surface area (TPSA) is 83.6 Å². The molecule has 1 aromatic carbocycles. The lowest BCUT2D eigenvalue weighted by atomic mass is 9.92. The molecule has 2 heterocycles. The Balaban J connectivity index is 1.81. The molecule has 140 valence electrons. The molecule has 8 heteroatoms. The van der Waals surface area contributed by atoms with Gasteiger partial charge in [-0.3, -0.25) is 9.59 Å². The Hall–Kier alpha value is -2.29. The number of carbonyl (C=O) groups is 2. The standard InChI is InChI=1S/C19H18N2O4S2/c22-17-14-7-1-2-8-15(14)18(23)19(16(17)21-9-3-4-10-21)27(24,25)20-12-13-6-5-11-26-13/h1-2,5-8,11,20H,3-4,9-10,12H2. The van der Waals surface area contributed by atoms with Crippen molar-refractivity contribution in [3.63, 3.8) is 0 Å². The molecule has 2 aromatic rings. The summed E-state index contributed by atoms with van der Waals surface area (Å²) in [6, 6.07) is 10.0. The van der Waals surface area contributed by atoms with Gasteiger partial charge in [0, 0.05) is 35.6 Å². The van der Waals surface area contributed by atoms with E-state index in [1.807, 2.05) is 17.5 Å². The maximum Gasteiger partial charge on any atom is 0.247 e. The van der Waals surface area contributed by atoms with Crippen LogP contribution in [-0.4, -0.2) is 38.0 Å². The molecule has 0 amide bonds. The average Bonchev–Trinajstić information content (AvgIpc) is 3.36. The molecule has 4 rings (SSSR count). The average molecular weight is 402 g/mol. The third kappa shape index (κ3) is 3.24. The van der Waals surface area contributed by atoms with Crippen LogP contribution in [0.5, 0.6) is 0 Å². The molecule has 1 aromatic heterocycles. The van der Waals surface area contributed by atoms with Crippen molar-refractivity contribution in [2.75, 3.05) is 13.1 Å². The summed E-state index contributed by atoms with van der Waals surface area (Å²) in [6.07, 6.45) is 1.73. The predicted octanol–water partition coefficient (Wildman–Crippen LogP) is 2.55. The predicted molar refractivity (Wildman–Crippen MR) is 103 cm³/mol.